The summed E-state index contributed by atoms with van der Waals surface area (Å²) >= 11 is 1.92. The number of hydrogen-bond acceptors (Lipinski definition) is 3. The molecule has 0 fully saturated rings. The van der Waals surface area contributed by atoms with Gasteiger partial charge in [-0.25, -0.2) is 0 Å². The van der Waals surface area contributed by atoms with Crippen LogP contribution in [0.5, 0.6) is 0 Å². The fourth-order valence-corrected chi connectivity index (χ4v) is 13.2. The number of fused-ring (bicyclic) bond motifs is 10. The van der Waals surface area contributed by atoms with Gasteiger partial charge in [0, 0.05) is 59.1 Å². The largest absolute Gasteiger partial charge is 0.310 e. The van der Waals surface area contributed by atoms with Crippen LogP contribution in [0.25, 0.3) is 63.3 Å². The summed E-state index contributed by atoms with van der Waals surface area (Å²) in [5.41, 5.74) is 7.01. The van der Waals surface area contributed by atoms with Crippen LogP contribution in [0.15, 0.2) is 194 Å². The molecule has 0 aliphatic heterocycles. The van der Waals surface area contributed by atoms with E-state index in [2.05, 4.69) is 243 Å². The highest BCUT2D eigenvalue weighted by molar-refractivity contribution is 7.27. The Kier molecular flexibility index (Phi) is 9.43. The van der Waals surface area contributed by atoms with Crippen molar-refractivity contribution in [3.8, 4) is 0 Å². The normalized spacial score (nSPS) is 12.3. The maximum absolute atomic E-state index is 2.46. The first-order valence-electron chi connectivity index (χ1n) is 22.1. The summed E-state index contributed by atoms with van der Waals surface area (Å²) < 4.78 is 2.61. The van der Waals surface area contributed by atoms with Gasteiger partial charge in [0.25, 0.3) is 0 Å². The number of nitrogens with zero attached hydrogens (tertiary/aromatic N) is 2. The van der Waals surface area contributed by atoms with Gasteiger partial charge in [-0.2, -0.15) is 0 Å². The van der Waals surface area contributed by atoms with Crippen LogP contribution in [0.4, 0.5) is 34.1 Å². The zero-order chi connectivity index (χ0) is 43.0. The molecule has 1 aromatic heterocycles. The van der Waals surface area contributed by atoms with Gasteiger partial charge in [-0.15, -0.1) is 11.3 Å². The SMILES string of the molecule is C[Si](C)(C)c1ccc(N(c2ccc3c(c2)sc2c4ccc(N(c5ccc([Si](C)(C)C)cc5)c5cccc6ccccc56)cc4c4ccccc4c32)c2cccc3ccccc23)cc1. The molecule has 0 aliphatic rings. The molecule has 2 nitrogen and oxygen atoms in total. The van der Waals surface area contributed by atoms with Crippen LogP contribution in [0.2, 0.25) is 39.3 Å². The predicted molar refractivity (Wildman–Crippen MR) is 285 cm³/mol. The molecule has 1 heterocycles. The van der Waals surface area contributed by atoms with Crippen LogP contribution in [-0.2, 0) is 0 Å². The van der Waals surface area contributed by atoms with Crippen molar-refractivity contribution in [3.05, 3.63) is 194 Å². The van der Waals surface area contributed by atoms with Crippen molar-refractivity contribution in [1.29, 1.82) is 0 Å². The Bertz CT molecular complexity index is 3530. The van der Waals surface area contributed by atoms with Gasteiger partial charge < -0.3 is 9.80 Å². The second kappa shape index (κ2) is 15.1. The van der Waals surface area contributed by atoms with E-state index in [-0.39, 0.29) is 0 Å². The fraction of sp³-hybridized carbons (Fsp3) is 0.103. The van der Waals surface area contributed by atoms with Gasteiger partial charge in [-0.3, -0.25) is 0 Å². The monoisotopic (exact) mass is 862 g/mol. The second-order valence-electron chi connectivity index (χ2n) is 19.0. The third-order valence-electron chi connectivity index (χ3n) is 12.9. The molecule has 11 rings (SSSR count). The molecule has 0 spiro atoms. The summed E-state index contributed by atoms with van der Waals surface area (Å²) in [6.07, 6.45) is 0. The molecule has 5 heteroatoms. The van der Waals surface area contributed by atoms with Gasteiger partial charge in [0.2, 0.25) is 0 Å². The molecule has 0 radical (unpaired) electrons. The van der Waals surface area contributed by atoms with E-state index in [0.717, 1.165) is 11.4 Å². The minimum Gasteiger partial charge on any atom is -0.310 e. The van der Waals surface area contributed by atoms with Crippen LogP contribution in [0, 0.1) is 0 Å². The van der Waals surface area contributed by atoms with Crippen molar-refractivity contribution >= 4 is 135 Å². The average Bonchev–Trinajstić information content (AvgIpc) is 3.69. The van der Waals surface area contributed by atoms with Crippen molar-refractivity contribution in [2.75, 3.05) is 9.80 Å². The third kappa shape index (κ3) is 6.83. The molecule has 0 saturated carbocycles. The number of anilines is 6. The number of benzene rings is 10. The lowest BCUT2D eigenvalue weighted by atomic mass is 9.96. The Balaban J connectivity index is 1.12. The van der Waals surface area contributed by atoms with Gasteiger partial charge in [0.15, 0.2) is 0 Å². The smallest absolute Gasteiger partial charge is 0.0775 e. The summed E-state index contributed by atoms with van der Waals surface area (Å²) in [5.74, 6) is 0. The quantitative estimate of drug-likeness (QED) is 0.111. The van der Waals surface area contributed by atoms with E-state index in [4.69, 9.17) is 0 Å². The average molecular weight is 863 g/mol. The first kappa shape index (κ1) is 39.3. The zero-order valence-electron chi connectivity index (χ0n) is 36.8. The lowest BCUT2D eigenvalue weighted by Crippen LogP contribution is -2.37. The van der Waals surface area contributed by atoms with Crippen LogP contribution in [0.1, 0.15) is 0 Å². The van der Waals surface area contributed by atoms with E-state index in [0.29, 0.717) is 0 Å². The molecule has 0 atom stereocenters. The van der Waals surface area contributed by atoms with E-state index < -0.39 is 16.1 Å². The highest BCUT2D eigenvalue weighted by atomic mass is 32.1. The molecule has 0 saturated heterocycles. The molecule has 0 amide bonds. The minimum atomic E-state index is -1.48. The lowest BCUT2D eigenvalue weighted by Gasteiger charge is -2.28. The Morgan fingerprint density at radius 1 is 0.333 bits per heavy atom. The van der Waals surface area contributed by atoms with Crippen LogP contribution in [-0.4, -0.2) is 16.1 Å². The summed E-state index contributed by atoms with van der Waals surface area (Å²) in [4.78, 5) is 4.92. The van der Waals surface area contributed by atoms with Crippen molar-refractivity contribution in [1.82, 2.24) is 0 Å². The van der Waals surface area contributed by atoms with E-state index in [1.165, 1.54) is 96.4 Å². The fourth-order valence-electron chi connectivity index (χ4n) is 9.59. The molecule has 0 bridgehead atoms. The third-order valence-corrected chi connectivity index (χ3v) is 18.2. The summed E-state index contributed by atoms with van der Waals surface area (Å²) in [5, 5.41) is 15.6. The molecular weight excluding hydrogens is 813 g/mol. The maximum Gasteiger partial charge on any atom is 0.0775 e. The van der Waals surface area contributed by atoms with Crippen molar-refractivity contribution in [2.45, 2.75) is 39.3 Å². The number of rotatable bonds is 8. The standard InChI is InChI=1S/C58H50N2SSi2/c1-62(2,3)45-31-25-41(26-32-45)59(54-23-13-17-39-15-7-9-19-47(39)54)43-29-35-51-53(37-43)49-21-11-12-22-50(49)57-52-36-30-44(38-56(52)61-58(51)57)60(42-27-33-46(34-28-42)63(4,5)6)55-24-14-18-40-16-8-10-20-48(40)55/h7-38H,1-6H3. The van der Waals surface area contributed by atoms with E-state index in [9.17, 15) is 0 Å². The molecular formula is C58H50N2SSi2. The first-order valence-corrected chi connectivity index (χ1v) is 29.9. The predicted octanol–water partition coefficient (Wildman–Crippen LogP) is 16.7. The van der Waals surface area contributed by atoms with Gasteiger partial charge in [-0.05, 0) is 87.6 Å². The molecule has 306 valence electrons. The second-order valence-corrected chi connectivity index (χ2v) is 30.2. The molecule has 0 unspecified atom stereocenters. The Hall–Kier alpha value is -6.51. The molecule has 0 N–H and O–H groups in total. The molecule has 10 aromatic carbocycles. The summed E-state index contributed by atoms with van der Waals surface area (Å²) in [6.45, 7) is 14.5. The van der Waals surface area contributed by atoms with E-state index in [1.54, 1.807) is 0 Å². The summed E-state index contributed by atoms with van der Waals surface area (Å²) in [6, 6.07) is 72.9. The molecule has 11 aromatic rings. The highest BCUT2D eigenvalue weighted by Gasteiger charge is 2.23. The van der Waals surface area contributed by atoms with Gasteiger partial charge >= 0.3 is 0 Å². The van der Waals surface area contributed by atoms with Gasteiger partial charge in [0.1, 0.15) is 0 Å². The lowest BCUT2D eigenvalue weighted by molar-refractivity contribution is 1.31. The highest BCUT2D eigenvalue weighted by Crippen LogP contribution is 2.48. The van der Waals surface area contributed by atoms with Crippen LogP contribution in [0.3, 0.4) is 0 Å². The number of thiophene rings is 1. The van der Waals surface area contributed by atoms with Crippen molar-refractivity contribution in [3.63, 3.8) is 0 Å². The van der Waals surface area contributed by atoms with E-state index >= 15 is 0 Å². The maximum atomic E-state index is 2.46. The van der Waals surface area contributed by atoms with Gasteiger partial charge in [0.05, 0.1) is 27.5 Å². The first-order chi connectivity index (χ1) is 30.5. The topological polar surface area (TPSA) is 6.48 Å². The zero-order valence-corrected chi connectivity index (χ0v) is 39.6. The Labute approximate surface area is 376 Å². The minimum absolute atomic E-state index is 1.15. The van der Waals surface area contributed by atoms with Crippen molar-refractivity contribution in [2.24, 2.45) is 0 Å². The van der Waals surface area contributed by atoms with Crippen molar-refractivity contribution < 1.29 is 0 Å². The van der Waals surface area contributed by atoms with Gasteiger partial charge in [-0.1, -0.05) is 183 Å². The number of hydrogen-bond donors (Lipinski definition) is 0. The van der Waals surface area contributed by atoms with Crippen LogP contribution >= 0.6 is 11.3 Å². The molecule has 0 aliphatic carbocycles. The molecule has 63 heavy (non-hydrogen) atoms. The summed E-state index contributed by atoms with van der Waals surface area (Å²) in [7, 11) is -2.96. The van der Waals surface area contributed by atoms with E-state index in [1.807, 2.05) is 11.3 Å². The Morgan fingerprint density at radius 2 is 0.762 bits per heavy atom. The Morgan fingerprint density at radius 3 is 1.29 bits per heavy atom. The van der Waals surface area contributed by atoms with Crippen LogP contribution < -0.4 is 20.2 Å².